The Labute approximate surface area is 116 Å². The fourth-order valence-corrected chi connectivity index (χ4v) is 3.05. The molecule has 2 N–H and O–H groups in total. The summed E-state index contributed by atoms with van der Waals surface area (Å²) >= 11 is 1.65. The molecule has 0 saturated carbocycles. The molecule has 3 nitrogen and oxygen atoms in total. The van der Waals surface area contributed by atoms with E-state index < -0.39 is 0 Å². The normalized spacial score (nSPS) is 11.1. The second-order valence-corrected chi connectivity index (χ2v) is 5.52. The van der Waals surface area contributed by atoms with Crippen LogP contribution in [-0.2, 0) is 7.05 Å². The summed E-state index contributed by atoms with van der Waals surface area (Å²) in [7, 11) is 2.04. The van der Waals surface area contributed by atoms with E-state index in [-0.39, 0.29) is 0 Å². The van der Waals surface area contributed by atoms with Gasteiger partial charge in [-0.2, -0.15) is 0 Å². The van der Waals surface area contributed by atoms with E-state index >= 15 is 0 Å². The van der Waals surface area contributed by atoms with E-state index in [0.717, 1.165) is 32.3 Å². The average Bonchev–Trinajstić information content (AvgIpc) is 2.73. The van der Waals surface area contributed by atoms with Gasteiger partial charge in [0.2, 0.25) is 0 Å². The van der Waals surface area contributed by atoms with E-state index in [0.29, 0.717) is 0 Å². The van der Waals surface area contributed by atoms with Crippen LogP contribution in [0.15, 0.2) is 52.5 Å². The van der Waals surface area contributed by atoms with Crippen molar-refractivity contribution in [2.45, 2.75) is 17.0 Å². The topological polar surface area (TPSA) is 43.8 Å². The van der Waals surface area contributed by atoms with E-state index in [1.165, 1.54) is 0 Å². The summed E-state index contributed by atoms with van der Waals surface area (Å²) in [4.78, 5) is 5.81. The summed E-state index contributed by atoms with van der Waals surface area (Å²) in [6, 6.07) is 14.1. The zero-order valence-electron chi connectivity index (χ0n) is 10.9. The van der Waals surface area contributed by atoms with Gasteiger partial charge in [0.05, 0.1) is 11.0 Å². The lowest BCUT2D eigenvalue weighted by Crippen LogP contribution is -1.93. The van der Waals surface area contributed by atoms with Gasteiger partial charge >= 0.3 is 0 Å². The van der Waals surface area contributed by atoms with E-state index in [4.69, 9.17) is 5.73 Å². The third-order valence-electron chi connectivity index (χ3n) is 3.27. The van der Waals surface area contributed by atoms with Crippen molar-refractivity contribution in [1.29, 1.82) is 0 Å². The summed E-state index contributed by atoms with van der Waals surface area (Å²) in [5.41, 5.74) is 10.0. The predicted octanol–water partition coefficient (Wildman–Crippen LogP) is 3.62. The Morgan fingerprint density at radius 1 is 1.11 bits per heavy atom. The van der Waals surface area contributed by atoms with Crippen molar-refractivity contribution in [2.24, 2.45) is 7.05 Å². The lowest BCUT2D eigenvalue weighted by atomic mass is 10.2. The summed E-state index contributed by atoms with van der Waals surface area (Å²) in [5.74, 6) is 0. The van der Waals surface area contributed by atoms with Gasteiger partial charge in [0.15, 0.2) is 5.16 Å². The Kier molecular flexibility index (Phi) is 2.95. The molecule has 0 atom stereocenters. The number of nitrogens with zero attached hydrogens (tertiary/aromatic N) is 2. The standard InChI is InChI=1S/C15H15N3S/c1-10-11(16)6-5-9-14(10)19-15-17-12-7-3-4-8-13(12)18(15)2/h3-9H,16H2,1-2H3. The van der Waals surface area contributed by atoms with Crippen LogP contribution in [0, 0.1) is 6.92 Å². The molecule has 19 heavy (non-hydrogen) atoms. The number of hydrogen-bond donors (Lipinski definition) is 1. The first-order valence-electron chi connectivity index (χ1n) is 6.11. The molecule has 2 aromatic carbocycles. The maximum Gasteiger partial charge on any atom is 0.173 e. The summed E-state index contributed by atoms with van der Waals surface area (Å²) in [6.07, 6.45) is 0. The van der Waals surface area contributed by atoms with Crippen LogP contribution in [0.5, 0.6) is 0 Å². The number of hydrogen-bond acceptors (Lipinski definition) is 3. The fraction of sp³-hybridized carbons (Fsp3) is 0.133. The number of fused-ring (bicyclic) bond motifs is 1. The molecule has 0 unspecified atom stereocenters. The molecular weight excluding hydrogens is 254 g/mol. The van der Waals surface area contributed by atoms with Crippen LogP contribution in [0.3, 0.4) is 0 Å². The zero-order chi connectivity index (χ0) is 13.4. The Morgan fingerprint density at radius 2 is 1.89 bits per heavy atom. The highest BCUT2D eigenvalue weighted by atomic mass is 32.2. The van der Waals surface area contributed by atoms with Crippen LogP contribution in [-0.4, -0.2) is 9.55 Å². The molecule has 0 fully saturated rings. The van der Waals surface area contributed by atoms with Crippen molar-refractivity contribution < 1.29 is 0 Å². The third kappa shape index (κ3) is 2.08. The molecule has 3 aromatic rings. The monoisotopic (exact) mass is 269 g/mol. The maximum atomic E-state index is 5.95. The minimum absolute atomic E-state index is 0.823. The molecular formula is C15H15N3S. The molecule has 96 valence electrons. The first kappa shape index (κ1) is 12.1. The molecule has 0 saturated heterocycles. The van der Waals surface area contributed by atoms with Crippen molar-refractivity contribution >= 4 is 28.5 Å². The zero-order valence-corrected chi connectivity index (χ0v) is 11.7. The minimum atomic E-state index is 0.823. The van der Waals surface area contributed by atoms with E-state index in [2.05, 4.69) is 21.7 Å². The van der Waals surface area contributed by atoms with Gasteiger partial charge in [-0.05, 0) is 36.8 Å². The lowest BCUT2D eigenvalue weighted by molar-refractivity contribution is 0.815. The molecule has 1 heterocycles. The molecule has 0 aliphatic heterocycles. The SMILES string of the molecule is Cc1c(N)cccc1Sc1nc2ccccc2n1C. The summed E-state index contributed by atoms with van der Waals surface area (Å²) < 4.78 is 2.11. The van der Waals surface area contributed by atoms with Gasteiger partial charge in [0.1, 0.15) is 0 Å². The molecule has 0 bridgehead atoms. The number of aromatic nitrogens is 2. The molecule has 0 spiro atoms. The third-order valence-corrected chi connectivity index (χ3v) is 4.48. The molecule has 0 aliphatic rings. The van der Waals surface area contributed by atoms with Crippen LogP contribution in [0.2, 0.25) is 0 Å². The number of nitrogen functional groups attached to an aromatic ring is 1. The Hall–Kier alpha value is -1.94. The number of imidazole rings is 1. The number of para-hydroxylation sites is 2. The highest BCUT2D eigenvalue weighted by Gasteiger charge is 2.10. The number of anilines is 1. The first-order valence-corrected chi connectivity index (χ1v) is 6.93. The predicted molar refractivity (Wildman–Crippen MR) is 80.4 cm³/mol. The van der Waals surface area contributed by atoms with Crippen molar-refractivity contribution in [3.63, 3.8) is 0 Å². The molecule has 0 radical (unpaired) electrons. The highest BCUT2D eigenvalue weighted by Crippen LogP contribution is 2.33. The molecule has 1 aromatic heterocycles. The van der Waals surface area contributed by atoms with Crippen LogP contribution in [0.4, 0.5) is 5.69 Å². The van der Waals surface area contributed by atoms with E-state index in [1.807, 2.05) is 44.3 Å². The van der Waals surface area contributed by atoms with E-state index in [9.17, 15) is 0 Å². The smallest absolute Gasteiger partial charge is 0.173 e. The van der Waals surface area contributed by atoms with Gasteiger partial charge in [-0.15, -0.1) is 0 Å². The number of aryl methyl sites for hydroxylation is 1. The van der Waals surface area contributed by atoms with Crippen molar-refractivity contribution in [1.82, 2.24) is 9.55 Å². The van der Waals surface area contributed by atoms with Gasteiger partial charge in [0, 0.05) is 17.6 Å². The minimum Gasteiger partial charge on any atom is -0.398 e. The molecule has 3 rings (SSSR count). The van der Waals surface area contributed by atoms with Crippen molar-refractivity contribution in [2.75, 3.05) is 5.73 Å². The summed E-state index contributed by atoms with van der Waals surface area (Å²) in [6.45, 7) is 2.04. The largest absolute Gasteiger partial charge is 0.398 e. The lowest BCUT2D eigenvalue weighted by Gasteiger charge is -2.07. The summed E-state index contributed by atoms with van der Waals surface area (Å²) in [5, 5.41) is 0.981. The van der Waals surface area contributed by atoms with Gasteiger partial charge in [-0.25, -0.2) is 4.98 Å². The fourth-order valence-electron chi connectivity index (χ4n) is 2.06. The second-order valence-electron chi connectivity index (χ2n) is 4.51. The van der Waals surface area contributed by atoms with Crippen LogP contribution >= 0.6 is 11.8 Å². The first-order chi connectivity index (χ1) is 9.16. The van der Waals surface area contributed by atoms with Gasteiger partial charge in [-0.3, -0.25) is 0 Å². The van der Waals surface area contributed by atoms with Crippen LogP contribution < -0.4 is 5.73 Å². The Morgan fingerprint density at radius 3 is 2.68 bits per heavy atom. The molecule has 0 aliphatic carbocycles. The van der Waals surface area contributed by atoms with Gasteiger partial charge < -0.3 is 10.3 Å². The van der Waals surface area contributed by atoms with Crippen LogP contribution in [0.25, 0.3) is 11.0 Å². The Balaban J connectivity index is 2.06. The maximum absolute atomic E-state index is 5.95. The van der Waals surface area contributed by atoms with Crippen LogP contribution in [0.1, 0.15) is 5.56 Å². The van der Waals surface area contributed by atoms with Gasteiger partial charge in [-0.1, -0.05) is 30.0 Å². The number of benzene rings is 2. The molecule has 4 heteroatoms. The van der Waals surface area contributed by atoms with Gasteiger partial charge in [0.25, 0.3) is 0 Å². The average molecular weight is 269 g/mol. The second kappa shape index (κ2) is 4.63. The van der Waals surface area contributed by atoms with Crippen molar-refractivity contribution in [3.05, 3.63) is 48.0 Å². The molecule has 0 amide bonds. The number of rotatable bonds is 2. The highest BCUT2D eigenvalue weighted by molar-refractivity contribution is 7.99. The Bertz CT molecular complexity index is 746. The number of nitrogens with two attached hydrogens (primary N) is 1. The quantitative estimate of drug-likeness (QED) is 0.723. The van der Waals surface area contributed by atoms with Crippen molar-refractivity contribution in [3.8, 4) is 0 Å². The van der Waals surface area contributed by atoms with E-state index in [1.54, 1.807) is 11.8 Å².